The Labute approximate surface area is 155 Å². The van der Waals surface area contributed by atoms with Crippen LogP contribution in [-0.2, 0) is 17.8 Å². The molecule has 0 saturated heterocycles. The summed E-state index contributed by atoms with van der Waals surface area (Å²) in [6.45, 7) is 11.3. The summed E-state index contributed by atoms with van der Waals surface area (Å²) >= 11 is 1.86. The minimum absolute atomic E-state index is 0.0375. The number of rotatable bonds is 5. The minimum atomic E-state index is -0.223. The molecule has 1 atom stereocenters. The topological polar surface area (TPSA) is 68.8 Å². The molecule has 7 heteroatoms. The highest BCUT2D eigenvalue weighted by atomic mass is 32.1. The molecule has 1 amide bonds. The Morgan fingerprint density at radius 1 is 1.40 bits per heavy atom. The molecule has 25 heavy (non-hydrogen) atoms. The van der Waals surface area contributed by atoms with Crippen LogP contribution in [0.3, 0.4) is 0 Å². The molecule has 6 nitrogen and oxygen atoms in total. The third kappa shape index (κ3) is 6.32. The lowest BCUT2D eigenvalue weighted by Crippen LogP contribution is -2.50. The van der Waals surface area contributed by atoms with Crippen LogP contribution >= 0.6 is 11.3 Å². The number of guanidine groups is 1. The van der Waals surface area contributed by atoms with Gasteiger partial charge in [-0.05, 0) is 51.1 Å². The molecular formula is C18H31N5OS. The van der Waals surface area contributed by atoms with Gasteiger partial charge in [-0.25, -0.2) is 0 Å². The summed E-state index contributed by atoms with van der Waals surface area (Å²) in [6, 6.07) is 2.63. The Balaban J connectivity index is 1.74. The summed E-state index contributed by atoms with van der Waals surface area (Å²) < 4.78 is 0. The fraction of sp³-hybridized carbons (Fsp3) is 0.667. The average Bonchev–Trinajstić information content (AvgIpc) is 3.00. The highest BCUT2D eigenvalue weighted by molar-refractivity contribution is 7.10. The van der Waals surface area contributed by atoms with Crippen molar-refractivity contribution in [3.05, 3.63) is 21.9 Å². The third-order valence-electron chi connectivity index (χ3n) is 4.18. The van der Waals surface area contributed by atoms with Gasteiger partial charge >= 0.3 is 0 Å². The van der Waals surface area contributed by atoms with Gasteiger partial charge in [0.05, 0.1) is 6.54 Å². The molecule has 0 fully saturated rings. The summed E-state index contributed by atoms with van der Waals surface area (Å²) in [6.07, 6.45) is 1.14. The summed E-state index contributed by atoms with van der Waals surface area (Å²) in [7, 11) is 1.72. The largest absolute Gasteiger partial charge is 0.355 e. The molecule has 2 rings (SSSR count). The van der Waals surface area contributed by atoms with E-state index in [1.807, 2.05) is 32.1 Å². The second kappa shape index (κ2) is 8.67. The number of amides is 1. The Kier molecular flexibility index (Phi) is 6.84. The number of nitrogens with one attached hydrogen (secondary N) is 3. The highest BCUT2D eigenvalue weighted by Gasteiger charge is 2.21. The van der Waals surface area contributed by atoms with Crippen LogP contribution in [0.25, 0.3) is 0 Å². The number of nitrogens with zero attached hydrogens (tertiary/aromatic N) is 2. The Hall–Kier alpha value is -1.60. The lowest BCUT2D eigenvalue weighted by Gasteiger charge is -2.32. The van der Waals surface area contributed by atoms with E-state index in [0.29, 0.717) is 12.0 Å². The van der Waals surface area contributed by atoms with Gasteiger partial charge in [0.15, 0.2) is 5.96 Å². The maximum Gasteiger partial charge on any atom is 0.239 e. The Bertz CT molecular complexity index is 605. The van der Waals surface area contributed by atoms with Crippen LogP contribution in [0.4, 0.5) is 0 Å². The van der Waals surface area contributed by atoms with Crippen molar-refractivity contribution in [2.24, 2.45) is 4.99 Å². The van der Waals surface area contributed by atoms with Crippen LogP contribution in [0, 0.1) is 0 Å². The van der Waals surface area contributed by atoms with Crippen molar-refractivity contribution in [1.82, 2.24) is 20.9 Å². The van der Waals surface area contributed by atoms with E-state index in [4.69, 9.17) is 0 Å². The molecule has 0 spiro atoms. The molecule has 3 N–H and O–H groups in total. The molecule has 1 aliphatic heterocycles. The predicted octanol–water partition coefficient (Wildman–Crippen LogP) is 1.57. The normalized spacial score (nSPS) is 16.9. The van der Waals surface area contributed by atoms with Gasteiger partial charge in [0.2, 0.25) is 5.91 Å². The van der Waals surface area contributed by atoms with Crippen LogP contribution in [0.5, 0.6) is 0 Å². The fourth-order valence-electron chi connectivity index (χ4n) is 2.87. The van der Waals surface area contributed by atoms with Gasteiger partial charge in [0, 0.05) is 43.1 Å². The van der Waals surface area contributed by atoms with E-state index >= 15 is 0 Å². The highest BCUT2D eigenvalue weighted by Crippen LogP contribution is 2.24. The van der Waals surface area contributed by atoms with Crippen LogP contribution in [0.1, 0.15) is 38.1 Å². The van der Waals surface area contributed by atoms with Gasteiger partial charge in [-0.15, -0.1) is 11.3 Å². The zero-order valence-electron chi connectivity index (χ0n) is 16.0. The van der Waals surface area contributed by atoms with E-state index in [0.717, 1.165) is 26.1 Å². The first-order valence-corrected chi connectivity index (χ1v) is 9.71. The van der Waals surface area contributed by atoms with Crippen molar-refractivity contribution in [2.75, 3.05) is 26.7 Å². The van der Waals surface area contributed by atoms with Gasteiger partial charge in [-0.3, -0.25) is 14.7 Å². The molecule has 0 bridgehead atoms. The number of fused-ring (bicyclic) bond motifs is 1. The summed E-state index contributed by atoms with van der Waals surface area (Å²) in [5, 5.41) is 11.5. The molecule has 140 valence electrons. The molecule has 1 unspecified atom stereocenters. The van der Waals surface area contributed by atoms with Crippen molar-refractivity contribution >= 4 is 23.2 Å². The molecule has 0 radical (unpaired) electrons. The van der Waals surface area contributed by atoms with E-state index in [2.05, 4.69) is 44.2 Å². The number of carbonyl (C=O) groups excluding carboxylic acids is 1. The maximum absolute atomic E-state index is 11.9. The zero-order chi connectivity index (χ0) is 18.4. The van der Waals surface area contributed by atoms with E-state index in [1.54, 1.807) is 7.05 Å². The quantitative estimate of drug-likeness (QED) is 0.547. The van der Waals surface area contributed by atoms with Gasteiger partial charge in [0.25, 0.3) is 0 Å². The lowest BCUT2D eigenvalue weighted by atomic mass is 10.1. The third-order valence-corrected chi connectivity index (χ3v) is 5.20. The van der Waals surface area contributed by atoms with E-state index in [-0.39, 0.29) is 18.0 Å². The fourth-order valence-corrected chi connectivity index (χ4v) is 3.76. The monoisotopic (exact) mass is 365 g/mol. The van der Waals surface area contributed by atoms with E-state index in [9.17, 15) is 4.79 Å². The smallest absolute Gasteiger partial charge is 0.239 e. The van der Waals surface area contributed by atoms with Crippen molar-refractivity contribution in [1.29, 1.82) is 0 Å². The summed E-state index contributed by atoms with van der Waals surface area (Å²) in [4.78, 5) is 20.1. The Morgan fingerprint density at radius 2 is 2.16 bits per heavy atom. The molecule has 1 aromatic rings. The van der Waals surface area contributed by atoms with Crippen LogP contribution in [0.15, 0.2) is 16.4 Å². The average molecular weight is 366 g/mol. The molecule has 1 aliphatic rings. The van der Waals surface area contributed by atoms with Gasteiger partial charge in [0.1, 0.15) is 0 Å². The number of hydrogen-bond acceptors (Lipinski definition) is 4. The molecule has 2 heterocycles. The standard InChI is InChI=1S/C18H31N5OS/c1-13(23-8-6-15-14(12-23)7-9-25-15)10-20-17(19-5)21-11-16(24)22-18(2,3)4/h7,9,13H,6,8,10-12H2,1-5H3,(H,22,24)(H2,19,20,21). The summed E-state index contributed by atoms with van der Waals surface area (Å²) in [5.41, 5.74) is 1.24. The number of aliphatic imine (C=N–C) groups is 1. The van der Waals surface area contributed by atoms with Crippen molar-refractivity contribution in [2.45, 2.75) is 52.2 Å². The van der Waals surface area contributed by atoms with Crippen LogP contribution in [-0.4, -0.2) is 55.0 Å². The van der Waals surface area contributed by atoms with Crippen LogP contribution < -0.4 is 16.0 Å². The molecule has 1 aromatic heterocycles. The SMILES string of the molecule is CN=C(NCC(=O)NC(C)(C)C)NCC(C)N1CCc2sccc2C1. The number of hydrogen-bond donors (Lipinski definition) is 3. The minimum Gasteiger partial charge on any atom is -0.355 e. The molecule has 0 aromatic carbocycles. The van der Waals surface area contributed by atoms with E-state index in [1.165, 1.54) is 10.4 Å². The number of thiophene rings is 1. The maximum atomic E-state index is 11.9. The summed E-state index contributed by atoms with van der Waals surface area (Å²) in [5.74, 6) is 0.619. The number of carbonyl (C=O) groups is 1. The first-order chi connectivity index (χ1) is 11.8. The Morgan fingerprint density at radius 3 is 2.84 bits per heavy atom. The van der Waals surface area contributed by atoms with Crippen molar-refractivity contribution < 1.29 is 4.79 Å². The predicted molar refractivity (Wildman–Crippen MR) is 105 cm³/mol. The molecule has 0 saturated carbocycles. The van der Waals surface area contributed by atoms with Crippen molar-refractivity contribution in [3.63, 3.8) is 0 Å². The van der Waals surface area contributed by atoms with Crippen molar-refractivity contribution in [3.8, 4) is 0 Å². The van der Waals surface area contributed by atoms with Gasteiger partial charge in [-0.2, -0.15) is 0 Å². The molecule has 0 aliphatic carbocycles. The second-order valence-electron chi connectivity index (χ2n) is 7.54. The molecular weight excluding hydrogens is 334 g/mol. The van der Waals surface area contributed by atoms with Crippen LogP contribution in [0.2, 0.25) is 0 Å². The second-order valence-corrected chi connectivity index (χ2v) is 8.54. The first kappa shape index (κ1) is 19.7. The zero-order valence-corrected chi connectivity index (χ0v) is 16.8. The first-order valence-electron chi connectivity index (χ1n) is 8.83. The van der Waals surface area contributed by atoms with E-state index < -0.39 is 0 Å². The van der Waals surface area contributed by atoms with Gasteiger partial charge < -0.3 is 16.0 Å². The van der Waals surface area contributed by atoms with Gasteiger partial charge in [-0.1, -0.05) is 0 Å². The lowest BCUT2D eigenvalue weighted by molar-refractivity contribution is -0.121.